The zero-order valence-electron chi connectivity index (χ0n) is 8.10. The molecule has 0 aromatic rings. The van der Waals surface area contributed by atoms with Gasteiger partial charge in [0.1, 0.15) is 6.79 Å². The van der Waals surface area contributed by atoms with Crippen LogP contribution in [0.2, 0.25) is 0 Å². The Labute approximate surface area is 70.6 Å². The molecule has 0 spiro atoms. The summed E-state index contributed by atoms with van der Waals surface area (Å²) in [6.07, 6.45) is 4.28. The smallest absolute Gasteiger partial charge is 0.106 e. The summed E-state index contributed by atoms with van der Waals surface area (Å²) in [7, 11) is 2.19. The van der Waals surface area contributed by atoms with Crippen molar-refractivity contribution >= 4 is 6.79 Å². The van der Waals surface area contributed by atoms with Crippen LogP contribution in [-0.2, 0) is 4.79 Å². The van der Waals surface area contributed by atoms with Crippen molar-refractivity contribution < 1.29 is 4.79 Å². The fourth-order valence-electron chi connectivity index (χ4n) is 1.05. The number of nitrogens with zero attached hydrogens (tertiary/aromatic N) is 1. The summed E-state index contributed by atoms with van der Waals surface area (Å²) < 4.78 is 0. The van der Waals surface area contributed by atoms with Crippen LogP contribution < -0.4 is 0 Å². The van der Waals surface area contributed by atoms with E-state index in [9.17, 15) is 0 Å². The Morgan fingerprint density at radius 2 is 1.36 bits per heavy atom. The van der Waals surface area contributed by atoms with Crippen LogP contribution in [0.15, 0.2) is 0 Å². The maximum atomic E-state index is 8.00. The molecule has 1 rings (SSSR count). The largest absolute Gasteiger partial charge is 0.307 e. The summed E-state index contributed by atoms with van der Waals surface area (Å²) in [4.78, 5) is 10.4. The van der Waals surface area contributed by atoms with Gasteiger partial charge in [0.2, 0.25) is 0 Å². The molecule has 1 aliphatic rings. The number of piperidine rings is 1. The van der Waals surface area contributed by atoms with Crippen LogP contribution in [0.1, 0.15) is 33.1 Å². The Morgan fingerprint density at radius 3 is 1.55 bits per heavy atom. The monoisotopic (exact) mass is 159 g/mol. The molecule has 0 atom stereocenters. The molecule has 2 heteroatoms. The molecule has 0 unspecified atom stereocenters. The first-order chi connectivity index (χ1) is 5.39. The van der Waals surface area contributed by atoms with Gasteiger partial charge in [-0.15, -0.1) is 0 Å². The molecule has 0 saturated carbocycles. The minimum absolute atomic E-state index is 1.32. The molecule has 0 aliphatic carbocycles. The third-order valence-corrected chi connectivity index (χ3v) is 1.58. The van der Waals surface area contributed by atoms with Crippen LogP contribution >= 0.6 is 0 Å². The Hall–Kier alpha value is -0.370. The number of carbonyl (C=O) groups is 1. The fraction of sp³-hybridized carbons (Fsp3) is 0.889. The molecule has 0 aromatic heterocycles. The van der Waals surface area contributed by atoms with Crippen molar-refractivity contribution in [1.82, 2.24) is 4.90 Å². The van der Waals surface area contributed by atoms with Crippen molar-refractivity contribution in [1.29, 1.82) is 0 Å². The highest BCUT2D eigenvalue weighted by atomic mass is 16.1. The van der Waals surface area contributed by atoms with Crippen LogP contribution in [0.4, 0.5) is 0 Å². The first-order valence-electron chi connectivity index (χ1n) is 4.37. The van der Waals surface area contributed by atoms with E-state index in [4.69, 9.17) is 4.79 Å². The third-order valence-electron chi connectivity index (χ3n) is 1.58. The van der Waals surface area contributed by atoms with Crippen molar-refractivity contribution in [3.05, 3.63) is 0 Å². The summed E-state index contributed by atoms with van der Waals surface area (Å²) >= 11 is 0. The molecule has 1 aliphatic heterocycles. The number of likely N-dealkylation sites (tertiary alicyclic amines) is 1. The number of hydrogen-bond acceptors (Lipinski definition) is 2. The first-order valence-corrected chi connectivity index (χ1v) is 4.37. The lowest BCUT2D eigenvalue weighted by molar-refractivity contribution is -0.0979. The lowest BCUT2D eigenvalue weighted by atomic mass is 10.1. The summed E-state index contributed by atoms with van der Waals surface area (Å²) in [5, 5.41) is 0. The summed E-state index contributed by atoms with van der Waals surface area (Å²) in [5.41, 5.74) is 0. The van der Waals surface area contributed by atoms with Crippen molar-refractivity contribution in [3.8, 4) is 0 Å². The summed E-state index contributed by atoms with van der Waals surface area (Å²) in [5.74, 6) is 0. The molecule has 11 heavy (non-hydrogen) atoms. The lowest BCUT2D eigenvalue weighted by Crippen LogP contribution is -2.24. The topological polar surface area (TPSA) is 20.3 Å². The second kappa shape index (κ2) is 12.3. The molecule has 1 heterocycles. The van der Waals surface area contributed by atoms with Gasteiger partial charge in [-0.2, -0.15) is 0 Å². The zero-order valence-corrected chi connectivity index (χ0v) is 8.10. The molecule has 0 bridgehead atoms. The first kappa shape index (κ1) is 13.2. The molecule has 0 radical (unpaired) electrons. The number of hydrogen-bond donors (Lipinski definition) is 0. The Morgan fingerprint density at radius 1 is 1.00 bits per heavy atom. The van der Waals surface area contributed by atoms with E-state index in [-0.39, 0.29) is 0 Å². The standard InChI is InChI=1S/C6H13N.C2H6.CH2O/c1-7-5-3-2-4-6-7;2*1-2/h2-6H2,1H3;1-2H3;1H2. The van der Waals surface area contributed by atoms with E-state index in [1.54, 1.807) is 0 Å². The average molecular weight is 159 g/mol. The van der Waals surface area contributed by atoms with Crippen molar-refractivity contribution in [2.45, 2.75) is 33.1 Å². The predicted octanol–water partition coefficient (Wildman–Crippen LogP) is 1.94. The molecule has 1 fully saturated rings. The molecular formula is C9H21NO. The van der Waals surface area contributed by atoms with Gasteiger partial charge in [0, 0.05) is 0 Å². The van der Waals surface area contributed by atoms with E-state index in [0.717, 1.165) is 0 Å². The predicted molar refractivity (Wildman–Crippen MR) is 49.8 cm³/mol. The molecule has 0 N–H and O–H groups in total. The minimum atomic E-state index is 1.32. The van der Waals surface area contributed by atoms with Gasteiger partial charge in [0.25, 0.3) is 0 Å². The molecule has 68 valence electrons. The Kier molecular flexibility index (Phi) is 14.8. The van der Waals surface area contributed by atoms with Gasteiger partial charge in [0.05, 0.1) is 0 Å². The summed E-state index contributed by atoms with van der Waals surface area (Å²) in [6, 6.07) is 0. The van der Waals surface area contributed by atoms with E-state index in [1.807, 2.05) is 20.6 Å². The highest BCUT2D eigenvalue weighted by Crippen LogP contribution is 2.04. The molecule has 1 saturated heterocycles. The molecule has 0 aromatic carbocycles. The molecular weight excluding hydrogens is 138 g/mol. The normalized spacial score (nSPS) is 17.0. The fourth-order valence-corrected chi connectivity index (χ4v) is 1.05. The van der Waals surface area contributed by atoms with E-state index in [0.29, 0.717) is 0 Å². The van der Waals surface area contributed by atoms with Crippen LogP contribution in [0.3, 0.4) is 0 Å². The van der Waals surface area contributed by atoms with Crippen LogP contribution in [-0.4, -0.2) is 31.8 Å². The van der Waals surface area contributed by atoms with Crippen molar-refractivity contribution in [3.63, 3.8) is 0 Å². The van der Waals surface area contributed by atoms with Crippen molar-refractivity contribution in [2.75, 3.05) is 20.1 Å². The molecule has 0 amide bonds. The highest BCUT2D eigenvalue weighted by molar-refractivity contribution is 5.10. The van der Waals surface area contributed by atoms with E-state index in [2.05, 4.69) is 11.9 Å². The van der Waals surface area contributed by atoms with E-state index >= 15 is 0 Å². The second-order valence-electron chi connectivity index (χ2n) is 2.36. The maximum Gasteiger partial charge on any atom is 0.106 e. The molecule has 2 nitrogen and oxygen atoms in total. The third kappa shape index (κ3) is 9.63. The van der Waals surface area contributed by atoms with Gasteiger partial charge >= 0.3 is 0 Å². The summed E-state index contributed by atoms with van der Waals surface area (Å²) in [6.45, 7) is 8.64. The SMILES string of the molecule is C=O.CC.CN1CCCCC1. The van der Waals surface area contributed by atoms with Gasteiger partial charge in [-0.05, 0) is 33.0 Å². The lowest BCUT2D eigenvalue weighted by Gasteiger charge is -2.20. The van der Waals surface area contributed by atoms with Crippen LogP contribution in [0.5, 0.6) is 0 Å². The van der Waals surface area contributed by atoms with E-state index < -0.39 is 0 Å². The van der Waals surface area contributed by atoms with Gasteiger partial charge < -0.3 is 9.69 Å². The van der Waals surface area contributed by atoms with Crippen LogP contribution in [0.25, 0.3) is 0 Å². The maximum absolute atomic E-state index is 8.00. The number of rotatable bonds is 0. The average Bonchev–Trinajstić information content (AvgIpc) is 2.13. The second-order valence-corrected chi connectivity index (χ2v) is 2.36. The van der Waals surface area contributed by atoms with Gasteiger partial charge in [-0.25, -0.2) is 0 Å². The highest BCUT2D eigenvalue weighted by Gasteiger charge is 2.02. The zero-order chi connectivity index (χ0) is 9.11. The minimum Gasteiger partial charge on any atom is -0.307 e. The van der Waals surface area contributed by atoms with Gasteiger partial charge in [-0.3, -0.25) is 0 Å². The van der Waals surface area contributed by atoms with Crippen LogP contribution in [0, 0.1) is 0 Å². The quantitative estimate of drug-likeness (QED) is 0.538. The Balaban J connectivity index is 0. The Bertz CT molecular complexity index is 60.6. The number of carbonyl (C=O) groups excluding carboxylic acids is 1. The van der Waals surface area contributed by atoms with E-state index in [1.165, 1.54) is 32.4 Å². The van der Waals surface area contributed by atoms with Gasteiger partial charge in [0.15, 0.2) is 0 Å². The van der Waals surface area contributed by atoms with Crippen molar-refractivity contribution in [2.24, 2.45) is 0 Å². The van der Waals surface area contributed by atoms with Gasteiger partial charge in [-0.1, -0.05) is 20.3 Å².